The van der Waals surface area contributed by atoms with Crippen LogP contribution in [0.4, 0.5) is 0 Å². The Labute approximate surface area is 177 Å². The van der Waals surface area contributed by atoms with Gasteiger partial charge in [-0.3, -0.25) is 4.98 Å². The van der Waals surface area contributed by atoms with Crippen LogP contribution in [0.1, 0.15) is 37.7 Å². The van der Waals surface area contributed by atoms with E-state index in [9.17, 15) is 0 Å². The van der Waals surface area contributed by atoms with Gasteiger partial charge in [0.25, 0.3) is 0 Å². The second-order valence-corrected chi connectivity index (χ2v) is 9.03. The number of hydrogen-bond donors (Lipinski definition) is 0. The predicted octanol–water partition coefficient (Wildman–Crippen LogP) is 6.59. The van der Waals surface area contributed by atoms with Crippen molar-refractivity contribution in [3.05, 3.63) is 78.5 Å². The molecular weight excluding hydrogens is 365 g/mol. The van der Waals surface area contributed by atoms with E-state index >= 15 is 0 Å². The highest BCUT2D eigenvalue weighted by Crippen LogP contribution is 2.39. The molecule has 0 spiro atoms. The molecule has 0 amide bonds. The third-order valence-corrected chi connectivity index (χ3v) is 7.07. The number of rotatable bonds is 2. The van der Waals surface area contributed by atoms with Crippen LogP contribution >= 0.6 is 0 Å². The van der Waals surface area contributed by atoms with E-state index in [1.165, 1.54) is 48.4 Å². The lowest BCUT2D eigenvalue weighted by molar-refractivity contribution is 0.398. The Morgan fingerprint density at radius 1 is 0.800 bits per heavy atom. The van der Waals surface area contributed by atoms with Crippen molar-refractivity contribution in [3.8, 4) is 11.3 Å². The summed E-state index contributed by atoms with van der Waals surface area (Å²) >= 11 is 0. The van der Waals surface area contributed by atoms with Crippen LogP contribution in [0.2, 0.25) is 0 Å². The summed E-state index contributed by atoms with van der Waals surface area (Å²) in [4.78, 5) is 4.70. The molecule has 0 unspecified atom stereocenters. The molecule has 0 N–H and O–H groups in total. The topological polar surface area (TPSA) is 26.0 Å². The maximum Gasteiger partial charge on any atom is 0.143 e. The van der Waals surface area contributed by atoms with Crippen molar-refractivity contribution < 1.29 is 4.42 Å². The first kappa shape index (κ1) is 17.8. The van der Waals surface area contributed by atoms with Crippen LogP contribution in [-0.4, -0.2) is 12.8 Å². The number of hydrogen-bond acceptors (Lipinski definition) is 2. The predicted molar refractivity (Wildman–Crippen MR) is 128 cm³/mol. The van der Waals surface area contributed by atoms with Gasteiger partial charge < -0.3 is 4.42 Å². The molecule has 1 fully saturated rings. The largest absolute Gasteiger partial charge is 0.455 e. The van der Waals surface area contributed by atoms with Gasteiger partial charge in [-0.05, 0) is 46.6 Å². The summed E-state index contributed by atoms with van der Waals surface area (Å²) in [5.41, 5.74) is 5.47. The Morgan fingerprint density at radius 3 is 2.53 bits per heavy atom. The maximum absolute atomic E-state index is 6.37. The highest BCUT2D eigenvalue weighted by Gasteiger charge is 2.29. The molecule has 30 heavy (non-hydrogen) atoms. The van der Waals surface area contributed by atoms with Gasteiger partial charge in [0.2, 0.25) is 0 Å². The van der Waals surface area contributed by atoms with Crippen LogP contribution in [-0.2, 0) is 5.31 Å². The summed E-state index contributed by atoms with van der Waals surface area (Å²) in [5.74, 6) is 0. The van der Waals surface area contributed by atoms with Crippen molar-refractivity contribution in [1.82, 2.24) is 4.98 Å². The van der Waals surface area contributed by atoms with Crippen LogP contribution in [0.3, 0.4) is 0 Å². The van der Waals surface area contributed by atoms with Crippen molar-refractivity contribution in [2.75, 3.05) is 0 Å². The SMILES string of the molecule is BC1(c2ccnc(-c3ccc4c(c3)oc3c5ccccc5ccc43)c2)CCCCC1. The van der Waals surface area contributed by atoms with E-state index in [1.54, 1.807) is 0 Å². The van der Waals surface area contributed by atoms with Gasteiger partial charge in [0.05, 0.1) is 5.69 Å². The fourth-order valence-electron chi connectivity index (χ4n) is 5.25. The summed E-state index contributed by atoms with van der Waals surface area (Å²) in [6.07, 6.45) is 8.53. The average Bonchev–Trinajstić information content (AvgIpc) is 3.18. The number of aromatic nitrogens is 1. The molecule has 0 aliphatic heterocycles. The van der Waals surface area contributed by atoms with Crippen molar-refractivity contribution in [1.29, 1.82) is 0 Å². The van der Waals surface area contributed by atoms with Gasteiger partial charge in [-0.15, -0.1) is 0 Å². The molecule has 0 saturated heterocycles. The first-order valence-electron chi connectivity index (χ1n) is 11.0. The van der Waals surface area contributed by atoms with Crippen LogP contribution in [0.15, 0.2) is 77.3 Å². The summed E-state index contributed by atoms with van der Waals surface area (Å²) in [6, 6.07) is 23.8. The zero-order valence-corrected chi connectivity index (χ0v) is 17.3. The van der Waals surface area contributed by atoms with Gasteiger partial charge in [0, 0.05) is 27.9 Å². The van der Waals surface area contributed by atoms with Crippen molar-refractivity contribution >= 4 is 40.6 Å². The Balaban J connectivity index is 1.48. The third-order valence-electron chi connectivity index (χ3n) is 7.07. The Hall–Kier alpha value is -3.07. The van der Waals surface area contributed by atoms with Crippen LogP contribution in [0.25, 0.3) is 44.0 Å². The molecule has 0 atom stereocenters. The minimum absolute atomic E-state index is 0.276. The van der Waals surface area contributed by atoms with E-state index in [4.69, 9.17) is 9.40 Å². The molecule has 0 radical (unpaired) electrons. The molecule has 3 heteroatoms. The minimum atomic E-state index is 0.276. The Morgan fingerprint density at radius 2 is 1.63 bits per heavy atom. The molecule has 1 saturated carbocycles. The molecule has 1 aliphatic carbocycles. The van der Waals surface area contributed by atoms with E-state index in [-0.39, 0.29) is 5.31 Å². The quantitative estimate of drug-likeness (QED) is 0.318. The van der Waals surface area contributed by atoms with Crippen molar-refractivity contribution in [3.63, 3.8) is 0 Å². The van der Waals surface area contributed by atoms with Gasteiger partial charge >= 0.3 is 0 Å². The third kappa shape index (κ3) is 2.76. The number of nitrogens with zero attached hydrogens (tertiary/aromatic N) is 1. The van der Waals surface area contributed by atoms with E-state index in [0.29, 0.717) is 0 Å². The molecule has 1 aliphatic rings. The highest BCUT2D eigenvalue weighted by atomic mass is 16.3. The number of benzene rings is 3. The smallest absolute Gasteiger partial charge is 0.143 e. The monoisotopic (exact) mass is 389 g/mol. The van der Waals surface area contributed by atoms with Crippen molar-refractivity contribution in [2.45, 2.75) is 37.4 Å². The van der Waals surface area contributed by atoms with E-state index < -0.39 is 0 Å². The lowest BCUT2D eigenvalue weighted by Gasteiger charge is -2.34. The molecule has 3 aromatic carbocycles. The second kappa shape index (κ2) is 6.73. The maximum atomic E-state index is 6.37. The molecule has 0 bridgehead atoms. The lowest BCUT2D eigenvalue weighted by atomic mass is 9.57. The zero-order chi connectivity index (χ0) is 20.1. The van der Waals surface area contributed by atoms with Gasteiger partial charge in [0.15, 0.2) is 0 Å². The van der Waals surface area contributed by atoms with E-state index in [2.05, 4.69) is 74.6 Å². The molecule has 6 rings (SSSR count). The Kier molecular flexibility index (Phi) is 3.99. The molecule has 2 nitrogen and oxygen atoms in total. The lowest BCUT2D eigenvalue weighted by Crippen LogP contribution is -2.29. The average molecular weight is 389 g/mol. The standard InChI is InChI=1S/C27H24BNO/c28-27(13-4-1-5-14-27)20-12-15-29-24(17-20)19-9-10-22-23-11-8-18-6-2-3-7-21(18)26(23)30-25(22)16-19/h2-3,6-12,15-17H,1,4-5,13-14,28H2. The summed E-state index contributed by atoms with van der Waals surface area (Å²) < 4.78 is 6.37. The first-order valence-corrected chi connectivity index (χ1v) is 11.0. The summed E-state index contributed by atoms with van der Waals surface area (Å²) in [5, 5.41) is 4.98. The first-order chi connectivity index (χ1) is 14.7. The highest BCUT2D eigenvalue weighted by molar-refractivity contribution is 6.16. The Bertz CT molecular complexity index is 1390. The second-order valence-electron chi connectivity index (χ2n) is 9.03. The van der Waals surface area contributed by atoms with Crippen LogP contribution < -0.4 is 0 Å². The van der Waals surface area contributed by atoms with Gasteiger partial charge in [0.1, 0.15) is 19.0 Å². The summed E-state index contributed by atoms with van der Waals surface area (Å²) in [7, 11) is 2.42. The minimum Gasteiger partial charge on any atom is -0.455 e. The van der Waals surface area contributed by atoms with Crippen LogP contribution in [0.5, 0.6) is 0 Å². The zero-order valence-electron chi connectivity index (χ0n) is 17.3. The van der Waals surface area contributed by atoms with Crippen molar-refractivity contribution in [2.24, 2.45) is 0 Å². The molecule has 146 valence electrons. The molecular formula is C27H24BNO. The number of pyridine rings is 1. The van der Waals surface area contributed by atoms with Crippen LogP contribution in [0, 0.1) is 0 Å². The van der Waals surface area contributed by atoms with E-state index in [0.717, 1.165) is 33.2 Å². The van der Waals surface area contributed by atoms with Gasteiger partial charge in [-0.1, -0.05) is 68.5 Å². The number of fused-ring (bicyclic) bond motifs is 5. The molecule has 5 aromatic rings. The molecule has 2 aromatic heterocycles. The normalized spacial score (nSPS) is 16.4. The van der Waals surface area contributed by atoms with Gasteiger partial charge in [-0.25, -0.2) is 0 Å². The fraction of sp³-hybridized carbons (Fsp3) is 0.222. The number of furan rings is 1. The fourth-order valence-corrected chi connectivity index (χ4v) is 5.25. The summed E-state index contributed by atoms with van der Waals surface area (Å²) in [6.45, 7) is 0. The van der Waals surface area contributed by atoms with E-state index in [1.807, 2.05) is 6.20 Å². The molecule has 2 heterocycles. The van der Waals surface area contributed by atoms with Gasteiger partial charge in [-0.2, -0.15) is 0 Å².